The van der Waals surface area contributed by atoms with Crippen LogP contribution in [0.5, 0.6) is 23.0 Å². The predicted octanol–water partition coefficient (Wildman–Crippen LogP) is 2.90. The molecule has 0 fully saturated rings. The Bertz CT molecular complexity index is 577. The molecule has 0 spiro atoms. The van der Waals surface area contributed by atoms with Crippen LogP contribution in [0.2, 0.25) is 0 Å². The number of hydrogen-bond donors (Lipinski definition) is 0. The molecule has 5 heteroatoms. The van der Waals surface area contributed by atoms with Crippen molar-refractivity contribution in [2.24, 2.45) is 4.99 Å². The lowest BCUT2D eigenvalue weighted by atomic mass is 10.3. The van der Waals surface area contributed by atoms with Crippen molar-refractivity contribution in [2.75, 3.05) is 14.2 Å². The lowest BCUT2D eigenvalue weighted by Crippen LogP contribution is -2.29. The summed E-state index contributed by atoms with van der Waals surface area (Å²) in [5, 5.41) is 0. The van der Waals surface area contributed by atoms with Crippen molar-refractivity contribution in [3.63, 3.8) is 0 Å². The van der Waals surface area contributed by atoms with Gasteiger partial charge in [0.1, 0.15) is 29.2 Å². The summed E-state index contributed by atoms with van der Waals surface area (Å²) >= 11 is 0. The number of rotatable bonds is 6. The van der Waals surface area contributed by atoms with Crippen LogP contribution in [0, 0.1) is 0 Å². The van der Waals surface area contributed by atoms with Crippen molar-refractivity contribution in [3.8, 4) is 23.0 Å². The van der Waals surface area contributed by atoms with E-state index in [0.29, 0.717) is 11.5 Å². The number of ether oxygens (including phenoxy) is 4. The Kier molecular flexibility index (Phi) is 3.39. The summed E-state index contributed by atoms with van der Waals surface area (Å²) in [6, 6.07) is 14.5. The highest BCUT2D eigenvalue weighted by Crippen LogP contribution is 2.31. The molecule has 2 aromatic rings. The fourth-order valence-electron chi connectivity index (χ4n) is 1.80. The Morgan fingerprint density at radius 1 is 0.667 bits per heavy atom. The largest absolute Gasteiger partial charge is 0.497 e. The second-order valence-corrected chi connectivity index (χ2v) is 4.44. The number of aliphatic imine (C=N–C) groups is 1. The topological polar surface area (TPSA) is 49.3 Å². The maximum Gasteiger partial charge on any atom is 0.395 e. The SMILES string of the molecule is COc1ccc(OC2(Oc3ccc(OC)cc3)C=N2)cc1. The van der Waals surface area contributed by atoms with Gasteiger partial charge in [-0.2, -0.15) is 4.99 Å². The molecule has 0 aromatic heterocycles. The van der Waals surface area contributed by atoms with E-state index in [1.54, 1.807) is 44.7 Å². The van der Waals surface area contributed by atoms with Crippen LogP contribution in [-0.4, -0.2) is 26.3 Å². The Balaban J connectivity index is 1.66. The zero-order chi connectivity index (χ0) is 14.7. The van der Waals surface area contributed by atoms with Gasteiger partial charge < -0.3 is 18.9 Å². The van der Waals surface area contributed by atoms with Crippen LogP contribution in [0.3, 0.4) is 0 Å². The van der Waals surface area contributed by atoms with Crippen LogP contribution >= 0.6 is 0 Å². The second kappa shape index (κ2) is 5.36. The average Bonchev–Trinajstić information content (AvgIpc) is 3.28. The molecule has 0 saturated carbocycles. The van der Waals surface area contributed by atoms with Crippen molar-refractivity contribution >= 4 is 6.21 Å². The molecule has 0 atom stereocenters. The molecular formula is C16H15NO4. The van der Waals surface area contributed by atoms with E-state index in [4.69, 9.17) is 18.9 Å². The van der Waals surface area contributed by atoms with Crippen LogP contribution in [0.1, 0.15) is 0 Å². The maximum atomic E-state index is 5.74. The highest BCUT2D eigenvalue weighted by molar-refractivity contribution is 5.81. The Labute approximate surface area is 122 Å². The third-order valence-electron chi connectivity index (χ3n) is 2.99. The zero-order valence-electron chi connectivity index (χ0n) is 11.8. The highest BCUT2D eigenvalue weighted by Gasteiger charge is 2.43. The van der Waals surface area contributed by atoms with Crippen LogP contribution in [-0.2, 0) is 0 Å². The summed E-state index contributed by atoms with van der Waals surface area (Å²) in [6.07, 6.45) is 1.61. The lowest BCUT2D eigenvalue weighted by Gasteiger charge is -2.17. The van der Waals surface area contributed by atoms with Gasteiger partial charge in [0, 0.05) is 0 Å². The number of benzene rings is 2. The van der Waals surface area contributed by atoms with Crippen LogP contribution in [0.15, 0.2) is 53.5 Å². The van der Waals surface area contributed by atoms with E-state index in [9.17, 15) is 0 Å². The quantitative estimate of drug-likeness (QED) is 0.766. The molecule has 0 N–H and O–H groups in total. The molecule has 21 heavy (non-hydrogen) atoms. The number of methoxy groups -OCH3 is 2. The van der Waals surface area contributed by atoms with Gasteiger partial charge in [0.25, 0.3) is 0 Å². The smallest absolute Gasteiger partial charge is 0.395 e. The number of nitrogens with zero attached hydrogens (tertiary/aromatic N) is 1. The lowest BCUT2D eigenvalue weighted by molar-refractivity contribution is -0.00707. The zero-order valence-corrected chi connectivity index (χ0v) is 11.8. The first-order chi connectivity index (χ1) is 10.2. The van der Waals surface area contributed by atoms with Crippen LogP contribution in [0.4, 0.5) is 0 Å². The summed E-state index contributed by atoms with van der Waals surface area (Å²) in [6.45, 7) is 0. The van der Waals surface area contributed by atoms with Gasteiger partial charge in [-0.3, -0.25) is 0 Å². The molecule has 1 aliphatic rings. The molecule has 3 rings (SSSR count). The average molecular weight is 285 g/mol. The molecule has 0 amide bonds. The normalized spacial score (nSPS) is 14.4. The summed E-state index contributed by atoms with van der Waals surface area (Å²) in [4.78, 5) is 4.08. The molecule has 0 aliphatic carbocycles. The molecule has 0 radical (unpaired) electrons. The molecular weight excluding hydrogens is 270 g/mol. The third kappa shape index (κ3) is 3.08. The van der Waals surface area contributed by atoms with E-state index in [0.717, 1.165) is 11.5 Å². The molecule has 0 saturated heterocycles. The van der Waals surface area contributed by atoms with Crippen molar-refractivity contribution in [1.29, 1.82) is 0 Å². The molecule has 5 nitrogen and oxygen atoms in total. The van der Waals surface area contributed by atoms with Crippen molar-refractivity contribution in [1.82, 2.24) is 0 Å². The fraction of sp³-hybridized carbons (Fsp3) is 0.188. The molecule has 1 aliphatic heterocycles. The fourth-order valence-corrected chi connectivity index (χ4v) is 1.80. The van der Waals surface area contributed by atoms with Crippen molar-refractivity contribution in [2.45, 2.75) is 5.91 Å². The highest BCUT2D eigenvalue weighted by atomic mass is 16.7. The van der Waals surface area contributed by atoms with E-state index in [1.165, 1.54) is 0 Å². The molecule has 2 aromatic carbocycles. The Hall–Kier alpha value is -2.69. The van der Waals surface area contributed by atoms with Crippen LogP contribution in [0.25, 0.3) is 0 Å². The van der Waals surface area contributed by atoms with E-state index >= 15 is 0 Å². The maximum absolute atomic E-state index is 5.74. The van der Waals surface area contributed by atoms with Gasteiger partial charge in [-0.05, 0) is 48.5 Å². The summed E-state index contributed by atoms with van der Waals surface area (Å²) in [5.74, 6) is 1.81. The summed E-state index contributed by atoms with van der Waals surface area (Å²) in [7, 11) is 3.24. The minimum absolute atomic E-state index is 0.654. The minimum Gasteiger partial charge on any atom is -0.497 e. The van der Waals surface area contributed by atoms with Gasteiger partial charge in [-0.25, -0.2) is 0 Å². The first-order valence-electron chi connectivity index (χ1n) is 6.45. The summed E-state index contributed by atoms with van der Waals surface area (Å²) in [5.41, 5.74) is 0. The molecule has 108 valence electrons. The van der Waals surface area contributed by atoms with E-state index in [-0.39, 0.29) is 0 Å². The third-order valence-corrected chi connectivity index (χ3v) is 2.99. The first-order valence-corrected chi connectivity index (χ1v) is 6.45. The second-order valence-electron chi connectivity index (χ2n) is 4.44. The molecule has 0 bridgehead atoms. The minimum atomic E-state index is -1.04. The van der Waals surface area contributed by atoms with Gasteiger partial charge in [0.05, 0.1) is 14.2 Å². The van der Waals surface area contributed by atoms with Crippen LogP contribution < -0.4 is 18.9 Å². The number of hydrogen-bond acceptors (Lipinski definition) is 5. The standard InChI is InChI=1S/C16H15NO4/c1-18-12-3-7-14(8-4-12)20-16(11-17-16)21-15-9-5-13(19-2)6-10-15/h3-11H,1-2H3. The summed E-state index contributed by atoms with van der Waals surface area (Å²) < 4.78 is 21.7. The van der Waals surface area contributed by atoms with E-state index < -0.39 is 5.91 Å². The van der Waals surface area contributed by atoms with Gasteiger partial charge >= 0.3 is 5.91 Å². The molecule has 0 unspecified atom stereocenters. The molecule has 1 heterocycles. The van der Waals surface area contributed by atoms with Gasteiger partial charge in [0.2, 0.25) is 0 Å². The predicted molar refractivity (Wildman–Crippen MR) is 78.5 cm³/mol. The Morgan fingerprint density at radius 3 is 1.29 bits per heavy atom. The first kappa shape index (κ1) is 13.3. The van der Waals surface area contributed by atoms with Gasteiger partial charge in [0.15, 0.2) is 0 Å². The van der Waals surface area contributed by atoms with Crippen molar-refractivity contribution < 1.29 is 18.9 Å². The van der Waals surface area contributed by atoms with E-state index in [1.807, 2.05) is 24.3 Å². The van der Waals surface area contributed by atoms with E-state index in [2.05, 4.69) is 4.99 Å². The van der Waals surface area contributed by atoms with Gasteiger partial charge in [-0.15, -0.1) is 0 Å². The van der Waals surface area contributed by atoms with Crippen molar-refractivity contribution in [3.05, 3.63) is 48.5 Å². The Morgan fingerprint density at radius 2 is 1.00 bits per heavy atom. The monoisotopic (exact) mass is 285 g/mol. The van der Waals surface area contributed by atoms with Gasteiger partial charge in [-0.1, -0.05) is 0 Å².